The molecule has 0 aromatic heterocycles. The lowest BCUT2D eigenvalue weighted by molar-refractivity contribution is -0.325. The molecule has 5 N–H and O–H groups in total. The first kappa shape index (κ1) is 9.47. The third-order valence-electron chi connectivity index (χ3n) is 1.04. The van der Waals surface area contributed by atoms with E-state index in [2.05, 4.69) is 5.73 Å². The smallest absolute Gasteiger partial charge is 0.0991 e. The highest BCUT2D eigenvalue weighted by atomic mass is 14.5. The predicted octanol–water partition coefficient (Wildman–Crippen LogP) is -0.00142. The minimum atomic E-state index is 0.643. The summed E-state index contributed by atoms with van der Waals surface area (Å²) in [7, 11) is 1.75. The Balaban J connectivity index is 0.000000461. The summed E-state index contributed by atoms with van der Waals surface area (Å²) >= 11 is 0. The van der Waals surface area contributed by atoms with E-state index in [1.165, 1.54) is 0 Å². The summed E-state index contributed by atoms with van der Waals surface area (Å²) in [6.45, 7) is 0. The minimum absolute atomic E-state index is 0.643. The third kappa shape index (κ3) is 3.23. The monoisotopic (exact) mass is 150 g/mol. The number of nitrogens with two attached hydrogens (primary N) is 1. The molecule has 0 atom stereocenters. The van der Waals surface area contributed by atoms with E-state index >= 15 is 0 Å². The Bertz CT molecular complexity index is 233. The average molecular weight is 150 g/mol. The van der Waals surface area contributed by atoms with Gasteiger partial charge in [0.15, 0.2) is 0 Å². The van der Waals surface area contributed by atoms with Crippen LogP contribution in [0.2, 0.25) is 0 Å². The van der Waals surface area contributed by atoms with Crippen LogP contribution in [-0.4, -0.2) is 7.05 Å². The van der Waals surface area contributed by atoms with Gasteiger partial charge in [-0.1, -0.05) is 0 Å². The molecular weight excluding hydrogens is 138 g/mol. The van der Waals surface area contributed by atoms with Crippen LogP contribution in [0.15, 0.2) is 24.3 Å². The van der Waals surface area contributed by atoms with Crippen molar-refractivity contribution in [2.24, 2.45) is 0 Å². The molecule has 0 fully saturated rings. The molecule has 0 radical (unpaired) electrons. The maximum Gasteiger partial charge on any atom is 0.0991 e. The van der Waals surface area contributed by atoms with Crippen molar-refractivity contribution in [3.63, 3.8) is 0 Å². The van der Waals surface area contributed by atoms with Crippen LogP contribution in [0.25, 0.3) is 0 Å². The lowest BCUT2D eigenvalue weighted by atomic mass is 10.2. The highest BCUT2D eigenvalue weighted by molar-refractivity contribution is 5.42. The summed E-state index contributed by atoms with van der Waals surface area (Å²) in [6, 6.07) is 8.79. The van der Waals surface area contributed by atoms with Crippen LogP contribution < -0.4 is 11.5 Å². The molecule has 0 heterocycles. The minimum Gasteiger partial charge on any atom is -0.399 e. The Labute approximate surface area is 66.2 Å². The zero-order valence-corrected chi connectivity index (χ0v) is 6.54. The molecule has 0 spiro atoms. The summed E-state index contributed by atoms with van der Waals surface area (Å²) in [6.07, 6.45) is 0. The lowest BCUT2D eigenvalue weighted by Gasteiger charge is -1.88. The summed E-state index contributed by atoms with van der Waals surface area (Å²) in [5.41, 5.74) is 9.95. The van der Waals surface area contributed by atoms with E-state index in [9.17, 15) is 0 Å². The summed E-state index contributed by atoms with van der Waals surface area (Å²) in [5, 5.41) is 8.34. The Hall–Kier alpha value is -1.53. The zero-order chi connectivity index (χ0) is 8.69. The number of anilines is 1. The Morgan fingerprint density at radius 3 is 2.09 bits per heavy atom. The summed E-state index contributed by atoms with van der Waals surface area (Å²) in [4.78, 5) is 0. The number of benzene rings is 1. The molecule has 58 valence electrons. The van der Waals surface area contributed by atoms with Crippen molar-refractivity contribution in [3.8, 4) is 6.07 Å². The molecule has 0 amide bonds. The lowest BCUT2D eigenvalue weighted by Crippen LogP contribution is -2.40. The van der Waals surface area contributed by atoms with E-state index < -0.39 is 0 Å². The highest BCUT2D eigenvalue weighted by Gasteiger charge is 1.85. The second-order valence-corrected chi connectivity index (χ2v) is 1.73. The van der Waals surface area contributed by atoms with Gasteiger partial charge in [0.25, 0.3) is 0 Å². The first-order valence-corrected chi connectivity index (χ1v) is 3.29. The number of hydrogen-bond donors (Lipinski definition) is 2. The first-order valence-electron chi connectivity index (χ1n) is 3.29. The second-order valence-electron chi connectivity index (χ2n) is 1.73. The molecule has 0 saturated heterocycles. The van der Waals surface area contributed by atoms with E-state index in [4.69, 9.17) is 11.0 Å². The normalized spacial score (nSPS) is 7.36. The predicted molar refractivity (Wildman–Crippen MR) is 44.4 cm³/mol. The molecule has 0 aliphatic heterocycles. The largest absolute Gasteiger partial charge is 0.399 e. The fraction of sp³-hybridized carbons (Fsp3) is 0.125. The van der Waals surface area contributed by atoms with Crippen LogP contribution in [0.5, 0.6) is 0 Å². The molecule has 3 heteroatoms. The van der Waals surface area contributed by atoms with Gasteiger partial charge in [-0.15, -0.1) is 0 Å². The van der Waals surface area contributed by atoms with Crippen LogP contribution in [-0.2, 0) is 0 Å². The van der Waals surface area contributed by atoms with Crippen LogP contribution in [0, 0.1) is 11.3 Å². The van der Waals surface area contributed by atoms with E-state index in [1.807, 2.05) is 6.07 Å². The Morgan fingerprint density at radius 2 is 1.73 bits per heavy atom. The highest BCUT2D eigenvalue weighted by Crippen LogP contribution is 2.02. The zero-order valence-electron chi connectivity index (χ0n) is 6.54. The average Bonchev–Trinajstić information content (AvgIpc) is 2.10. The number of nitrogens with zero attached hydrogens (tertiary/aromatic N) is 1. The van der Waals surface area contributed by atoms with Crippen molar-refractivity contribution < 1.29 is 5.73 Å². The van der Waals surface area contributed by atoms with Gasteiger partial charge >= 0.3 is 0 Å². The molecule has 0 aliphatic rings. The number of quaternary nitrogens is 1. The maximum absolute atomic E-state index is 8.34. The van der Waals surface area contributed by atoms with Crippen molar-refractivity contribution in [1.29, 1.82) is 5.26 Å². The van der Waals surface area contributed by atoms with Crippen molar-refractivity contribution in [1.82, 2.24) is 0 Å². The molecule has 11 heavy (non-hydrogen) atoms. The molecular formula is C8H12N3+. The van der Waals surface area contributed by atoms with E-state index in [0.717, 1.165) is 0 Å². The van der Waals surface area contributed by atoms with Crippen LogP contribution in [0.1, 0.15) is 5.56 Å². The number of rotatable bonds is 0. The second kappa shape index (κ2) is 5.27. The van der Waals surface area contributed by atoms with Crippen molar-refractivity contribution in [2.75, 3.05) is 12.8 Å². The van der Waals surface area contributed by atoms with E-state index in [-0.39, 0.29) is 0 Å². The summed E-state index contributed by atoms with van der Waals surface area (Å²) in [5.74, 6) is 0. The Kier molecular flexibility index (Phi) is 4.54. The van der Waals surface area contributed by atoms with Crippen LogP contribution >= 0.6 is 0 Å². The quantitative estimate of drug-likeness (QED) is 0.510. The first-order chi connectivity index (χ1) is 5.33. The number of hydrogen-bond acceptors (Lipinski definition) is 2. The van der Waals surface area contributed by atoms with Crippen LogP contribution in [0.3, 0.4) is 0 Å². The van der Waals surface area contributed by atoms with Crippen molar-refractivity contribution >= 4 is 5.69 Å². The van der Waals surface area contributed by atoms with E-state index in [0.29, 0.717) is 11.3 Å². The fourth-order valence-corrected chi connectivity index (χ4v) is 0.558. The Morgan fingerprint density at radius 1 is 1.27 bits per heavy atom. The van der Waals surface area contributed by atoms with Gasteiger partial charge in [-0.3, -0.25) is 0 Å². The molecule has 0 unspecified atom stereocenters. The molecule has 1 rings (SSSR count). The van der Waals surface area contributed by atoms with Gasteiger partial charge in [0, 0.05) is 5.69 Å². The standard InChI is InChI=1S/C7H6N2.CH5N/c8-5-6-1-3-7(9)4-2-6;1-2/h1-4H,9H2;2H2,1H3/p+1. The third-order valence-corrected chi connectivity index (χ3v) is 1.04. The van der Waals surface area contributed by atoms with Crippen molar-refractivity contribution in [2.45, 2.75) is 0 Å². The molecule has 0 saturated carbocycles. The van der Waals surface area contributed by atoms with Crippen molar-refractivity contribution in [3.05, 3.63) is 29.8 Å². The van der Waals surface area contributed by atoms with Gasteiger partial charge in [0.05, 0.1) is 18.7 Å². The van der Waals surface area contributed by atoms with Gasteiger partial charge in [-0.25, -0.2) is 0 Å². The molecule has 0 bridgehead atoms. The molecule has 1 aromatic carbocycles. The molecule has 3 nitrogen and oxygen atoms in total. The molecule has 1 aromatic rings. The maximum atomic E-state index is 8.34. The topological polar surface area (TPSA) is 77.5 Å². The van der Waals surface area contributed by atoms with Gasteiger partial charge in [0.2, 0.25) is 0 Å². The van der Waals surface area contributed by atoms with Gasteiger partial charge in [-0.05, 0) is 24.3 Å². The number of nitriles is 1. The molecule has 0 aliphatic carbocycles. The number of nitrogen functional groups attached to an aromatic ring is 1. The van der Waals surface area contributed by atoms with Gasteiger partial charge < -0.3 is 11.5 Å². The van der Waals surface area contributed by atoms with Gasteiger partial charge in [0.1, 0.15) is 0 Å². The fourth-order valence-electron chi connectivity index (χ4n) is 0.558. The van der Waals surface area contributed by atoms with E-state index in [1.54, 1.807) is 31.3 Å². The van der Waals surface area contributed by atoms with Gasteiger partial charge in [-0.2, -0.15) is 5.26 Å². The SMILES string of the molecule is C[NH3+].N#Cc1ccc(N)cc1. The summed E-state index contributed by atoms with van der Waals surface area (Å²) < 4.78 is 0. The van der Waals surface area contributed by atoms with Crippen LogP contribution in [0.4, 0.5) is 5.69 Å².